The van der Waals surface area contributed by atoms with Crippen LogP contribution in [0.25, 0.3) is 5.69 Å². The second kappa shape index (κ2) is 9.31. The number of hydrogen-bond acceptors (Lipinski definition) is 6. The molecule has 0 aliphatic carbocycles. The molecule has 0 saturated carbocycles. The summed E-state index contributed by atoms with van der Waals surface area (Å²) in [5, 5.41) is 14.7. The van der Waals surface area contributed by atoms with Crippen LogP contribution < -0.4 is 16.2 Å². The zero-order chi connectivity index (χ0) is 21.7. The maximum absolute atomic E-state index is 12.8. The summed E-state index contributed by atoms with van der Waals surface area (Å²) >= 11 is 1.08. The highest BCUT2D eigenvalue weighted by Gasteiger charge is 2.18. The largest absolute Gasteiger partial charge is 0.504 e. The van der Waals surface area contributed by atoms with Crippen molar-refractivity contribution in [2.45, 2.75) is 6.92 Å². The minimum Gasteiger partial charge on any atom is -0.504 e. The van der Waals surface area contributed by atoms with Crippen molar-refractivity contribution >= 4 is 35.1 Å². The summed E-state index contributed by atoms with van der Waals surface area (Å²) in [6, 6.07) is 12.1. The summed E-state index contributed by atoms with van der Waals surface area (Å²) in [5.41, 5.74) is 1.18. The predicted octanol–water partition coefficient (Wildman–Crippen LogP) is 1.90. The van der Waals surface area contributed by atoms with E-state index in [1.54, 1.807) is 36.9 Å². The molecule has 0 aliphatic heterocycles. The Hall–Kier alpha value is -3.53. The number of pyridine rings is 1. The molecule has 3 aromatic rings. The van der Waals surface area contributed by atoms with Crippen LogP contribution in [0.15, 0.2) is 53.5 Å². The number of carbonyl (C=O) groups is 2. The first-order valence-corrected chi connectivity index (χ1v) is 10.2. The van der Waals surface area contributed by atoms with Gasteiger partial charge in [0, 0.05) is 13.2 Å². The molecule has 2 heterocycles. The Morgan fingerprint density at radius 1 is 1.07 bits per heavy atom. The van der Waals surface area contributed by atoms with Crippen molar-refractivity contribution in [3.63, 3.8) is 0 Å². The van der Waals surface area contributed by atoms with E-state index in [2.05, 4.69) is 15.6 Å². The van der Waals surface area contributed by atoms with Crippen molar-refractivity contribution in [3.05, 3.63) is 64.7 Å². The van der Waals surface area contributed by atoms with Gasteiger partial charge in [-0.3, -0.25) is 19.1 Å². The normalized spacial score (nSPS) is 10.6. The number of amides is 2. The van der Waals surface area contributed by atoms with Gasteiger partial charge in [-0.15, -0.1) is 11.8 Å². The lowest BCUT2D eigenvalue weighted by molar-refractivity contribution is -0.114. The number of benzene rings is 1. The van der Waals surface area contributed by atoms with Gasteiger partial charge in [0.2, 0.25) is 11.8 Å². The van der Waals surface area contributed by atoms with Crippen molar-refractivity contribution in [2.75, 3.05) is 22.1 Å². The number of rotatable bonds is 7. The molecule has 0 radical (unpaired) electrons. The highest BCUT2D eigenvalue weighted by molar-refractivity contribution is 8.00. The van der Waals surface area contributed by atoms with E-state index in [1.165, 1.54) is 16.9 Å². The monoisotopic (exact) mass is 427 g/mol. The molecule has 9 nitrogen and oxygen atoms in total. The third-order valence-corrected chi connectivity index (χ3v) is 5.26. The van der Waals surface area contributed by atoms with Gasteiger partial charge in [0.05, 0.1) is 22.9 Å². The lowest BCUT2D eigenvalue weighted by atomic mass is 10.3. The first kappa shape index (κ1) is 21.2. The highest BCUT2D eigenvalue weighted by Crippen LogP contribution is 2.18. The van der Waals surface area contributed by atoms with Crippen molar-refractivity contribution in [2.24, 2.45) is 7.05 Å². The molecule has 0 atom stereocenters. The van der Waals surface area contributed by atoms with Gasteiger partial charge in [-0.05, 0) is 31.2 Å². The SMILES string of the molecule is Cc1c(NC(=O)CSCC(=O)Nc2ncccc2O)c(=O)n(-c2ccccc2)n1C. The second-order valence-electron chi connectivity index (χ2n) is 6.40. The minimum absolute atomic E-state index is 0.00848. The van der Waals surface area contributed by atoms with Crippen molar-refractivity contribution in [1.82, 2.24) is 14.3 Å². The van der Waals surface area contributed by atoms with Crippen molar-refractivity contribution < 1.29 is 14.7 Å². The Labute approximate surface area is 176 Å². The minimum atomic E-state index is -0.399. The number of aromatic hydroxyl groups is 1. The molecular weight excluding hydrogens is 406 g/mol. The summed E-state index contributed by atoms with van der Waals surface area (Å²) in [7, 11) is 1.74. The number of nitrogens with one attached hydrogen (secondary N) is 2. The summed E-state index contributed by atoms with van der Waals surface area (Å²) < 4.78 is 3.15. The number of para-hydroxylation sites is 1. The second-order valence-corrected chi connectivity index (χ2v) is 7.38. The van der Waals surface area contributed by atoms with Gasteiger partial charge in [-0.25, -0.2) is 9.67 Å². The fraction of sp³-hybridized carbons (Fsp3) is 0.200. The maximum Gasteiger partial charge on any atom is 0.295 e. The molecule has 10 heteroatoms. The Balaban J connectivity index is 1.59. The van der Waals surface area contributed by atoms with E-state index in [0.717, 1.165) is 11.8 Å². The van der Waals surface area contributed by atoms with Gasteiger partial charge in [0.15, 0.2) is 11.6 Å². The van der Waals surface area contributed by atoms with E-state index < -0.39 is 5.91 Å². The number of thioether (sulfide) groups is 1. The Kier molecular flexibility index (Phi) is 6.58. The highest BCUT2D eigenvalue weighted by atomic mass is 32.2. The third kappa shape index (κ3) is 4.71. The number of hydrogen-bond donors (Lipinski definition) is 3. The average molecular weight is 427 g/mol. The molecule has 3 N–H and O–H groups in total. The van der Waals surface area contributed by atoms with Crippen LogP contribution in [0.2, 0.25) is 0 Å². The lowest BCUT2D eigenvalue weighted by Crippen LogP contribution is -2.24. The molecule has 0 aliphatic rings. The average Bonchev–Trinajstić information content (AvgIpc) is 2.93. The first-order chi connectivity index (χ1) is 14.4. The summed E-state index contributed by atoms with van der Waals surface area (Å²) in [5.74, 6) is -0.882. The molecule has 0 fully saturated rings. The van der Waals surface area contributed by atoms with Crippen LogP contribution >= 0.6 is 11.8 Å². The van der Waals surface area contributed by atoms with Crippen LogP contribution in [0.5, 0.6) is 5.75 Å². The zero-order valence-corrected chi connectivity index (χ0v) is 17.3. The third-order valence-electron chi connectivity index (χ3n) is 4.33. The molecule has 2 amide bonds. The summed E-state index contributed by atoms with van der Waals surface area (Å²) in [4.78, 5) is 40.9. The number of nitrogens with zero attached hydrogens (tertiary/aromatic N) is 3. The molecule has 0 bridgehead atoms. The van der Waals surface area contributed by atoms with Crippen LogP contribution in [-0.4, -0.2) is 42.8 Å². The van der Waals surface area contributed by atoms with Crippen molar-refractivity contribution in [3.8, 4) is 11.4 Å². The topological polar surface area (TPSA) is 118 Å². The van der Waals surface area contributed by atoms with Crippen molar-refractivity contribution in [1.29, 1.82) is 0 Å². The fourth-order valence-corrected chi connectivity index (χ4v) is 3.40. The van der Waals surface area contributed by atoms with E-state index in [1.807, 2.05) is 18.2 Å². The van der Waals surface area contributed by atoms with Crippen LogP contribution in [0.3, 0.4) is 0 Å². The Morgan fingerprint density at radius 2 is 1.73 bits per heavy atom. The number of anilines is 2. The predicted molar refractivity (Wildman–Crippen MR) is 116 cm³/mol. The van der Waals surface area contributed by atoms with Gasteiger partial charge in [-0.1, -0.05) is 18.2 Å². The van der Waals surface area contributed by atoms with Gasteiger partial charge < -0.3 is 15.7 Å². The quantitative estimate of drug-likeness (QED) is 0.530. The molecule has 30 heavy (non-hydrogen) atoms. The molecule has 2 aromatic heterocycles. The van der Waals surface area contributed by atoms with E-state index in [9.17, 15) is 19.5 Å². The molecule has 0 unspecified atom stereocenters. The Morgan fingerprint density at radius 3 is 2.40 bits per heavy atom. The van der Waals surface area contributed by atoms with Crippen LogP contribution in [-0.2, 0) is 16.6 Å². The van der Waals surface area contributed by atoms with E-state index >= 15 is 0 Å². The van der Waals surface area contributed by atoms with Crippen LogP contribution in [0.1, 0.15) is 5.69 Å². The lowest BCUT2D eigenvalue weighted by Gasteiger charge is -2.07. The van der Waals surface area contributed by atoms with Gasteiger partial charge >= 0.3 is 0 Å². The van der Waals surface area contributed by atoms with Crippen LogP contribution in [0, 0.1) is 6.92 Å². The fourth-order valence-electron chi connectivity index (χ4n) is 2.79. The standard InChI is InChI=1S/C20H21N5O4S/c1-13-18(20(29)25(24(13)2)14-7-4-3-5-8-14)22-16(27)11-30-12-17(28)23-19-15(26)9-6-10-21-19/h3-10,26H,11-12H2,1-2H3,(H,22,27)(H,21,23,28). The molecule has 1 aromatic carbocycles. The van der Waals surface area contributed by atoms with Gasteiger partial charge in [0.25, 0.3) is 5.56 Å². The number of carbonyl (C=O) groups excluding carboxylic acids is 2. The maximum atomic E-state index is 12.8. The Bertz CT molecular complexity index is 1120. The first-order valence-electron chi connectivity index (χ1n) is 9.04. The summed E-state index contributed by atoms with van der Waals surface area (Å²) in [6.45, 7) is 1.75. The molecule has 156 valence electrons. The molecular formula is C20H21N5O4S. The van der Waals surface area contributed by atoms with E-state index in [4.69, 9.17) is 0 Å². The number of aromatic nitrogens is 3. The molecule has 3 rings (SSSR count). The van der Waals surface area contributed by atoms with Gasteiger partial charge in [-0.2, -0.15) is 0 Å². The van der Waals surface area contributed by atoms with E-state index in [0.29, 0.717) is 11.4 Å². The molecule has 0 spiro atoms. The summed E-state index contributed by atoms with van der Waals surface area (Å²) in [6.07, 6.45) is 1.44. The zero-order valence-electron chi connectivity index (χ0n) is 16.5. The van der Waals surface area contributed by atoms with E-state index in [-0.39, 0.29) is 40.2 Å². The van der Waals surface area contributed by atoms with Gasteiger partial charge in [0.1, 0.15) is 5.69 Å². The molecule has 0 saturated heterocycles. The smallest absolute Gasteiger partial charge is 0.295 e. The van der Waals surface area contributed by atoms with Crippen LogP contribution in [0.4, 0.5) is 11.5 Å².